The summed E-state index contributed by atoms with van der Waals surface area (Å²) >= 11 is 0. The standard InChI is InChI=1S/C16H22O2.C8H18O5/c1-6-11-14(12-7-2)13-16(18,10-5)15(17,8-3)9-4;9-1-3-11-5-7-13-8-6-12-4-2-10/h6-10,13,17-18H,1-5,11-12H2;9-10H,1-8H2. The molecule has 0 aliphatic rings. The molecule has 0 saturated carbocycles. The Morgan fingerprint density at radius 2 is 0.968 bits per heavy atom. The number of hydrogen-bond donors (Lipinski definition) is 4. The highest BCUT2D eigenvalue weighted by molar-refractivity contribution is 5.34. The molecule has 1 atom stereocenters. The van der Waals surface area contributed by atoms with Crippen LogP contribution in [0, 0.1) is 0 Å². The third kappa shape index (κ3) is 14.0. The fourth-order valence-corrected chi connectivity index (χ4v) is 2.30. The molecule has 178 valence electrons. The van der Waals surface area contributed by atoms with Gasteiger partial charge in [-0.2, -0.15) is 0 Å². The Kier molecular flexibility index (Phi) is 20.3. The quantitative estimate of drug-likeness (QED) is 0.180. The molecule has 0 aliphatic heterocycles. The lowest BCUT2D eigenvalue weighted by Crippen LogP contribution is -2.48. The molecule has 0 fully saturated rings. The summed E-state index contributed by atoms with van der Waals surface area (Å²) in [6, 6.07) is 0. The largest absolute Gasteiger partial charge is 0.394 e. The molecule has 0 heterocycles. The monoisotopic (exact) mass is 440 g/mol. The van der Waals surface area contributed by atoms with E-state index in [1.54, 1.807) is 18.2 Å². The molecule has 0 rings (SSSR count). The fourth-order valence-electron chi connectivity index (χ4n) is 2.30. The van der Waals surface area contributed by atoms with Crippen LogP contribution in [0.1, 0.15) is 12.8 Å². The first-order chi connectivity index (χ1) is 14.8. The SMILES string of the molecule is C=CCC(=CC(O)(C=C)C(O)(C=C)C=C)CC=C.OCCOCCOCCOCCO. The smallest absolute Gasteiger partial charge is 0.137 e. The van der Waals surface area contributed by atoms with E-state index in [1.807, 2.05) is 0 Å². The fraction of sp³-hybridized carbons (Fsp3) is 0.500. The van der Waals surface area contributed by atoms with Crippen molar-refractivity contribution in [2.45, 2.75) is 24.0 Å². The third-order valence-corrected chi connectivity index (χ3v) is 4.03. The van der Waals surface area contributed by atoms with E-state index in [0.29, 0.717) is 52.5 Å². The molecule has 0 saturated heterocycles. The first kappa shape index (κ1) is 31.3. The predicted molar refractivity (Wildman–Crippen MR) is 125 cm³/mol. The number of aliphatic hydroxyl groups excluding tert-OH is 2. The Morgan fingerprint density at radius 1 is 0.613 bits per heavy atom. The summed E-state index contributed by atoms with van der Waals surface area (Å²) in [4.78, 5) is 0. The van der Waals surface area contributed by atoms with E-state index in [-0.39, 0.29) is 13.2 Å². The molecule has 0 spiro atoms. The van der Waals surface area contributed by atoms with Gasteiger partial charge in [-0.05, 0) is 18.9 Å². The minimum Gasteiger partial charge on any atom is -0.394 e. The summed E-state index contributed by atoms with van der Waals surface area (Å²) < 4.78 is 15.0. The third-order valence-electron chi connectivity index (χ3n) is 4.03. The van der Waals surface area contributed by atoms with Gasteiger partial charge in [-0.15, -0.1) is 13.2 Å². The van der Waals surface area contributed by atoms with Crippen molar-refractivity contribution >= 4 is 0 Å². The minimum atomic E-state index is -1.66. The molecule has 0 aromatic heterocycles. The maximum atomic E-state index is 10.5. The van der Waals surface area contributed by atoms with Crippen LogP contribution in [0.25, 0.3) is 0 Å². The average molecular weight is 441 g/mol. The maximum absolute atomic E-state index is 10.5. The van der Waals surface area contributed by atoms with E-state index >= 15 is 0 Å². The van der Waals surface area contributed by atoms with Crippen LogP contribution in [0.4, 0.5) is 0 Å². The highest BCUT2D eigenvalue weighted by atomic mass is 16.5. The Morgan fingerprint density at radius 3 is 1.26 bits per heavy atom. The van der Waals surface area contributed by atoms with Gasteiger partial charge in [0.25, 0.3) is 0 Å². The Balaban J connectivity index is 0. The number of hydrogen-bond acceptors (Lipinski definition) is 7. The molecule has 7 heteroatoms. The Labute approximate surface area is 187 Å². The molecular weight excluding hydrogens is 400 g/mol. The summed E-state index contributed by atoms with van der Waals surface area (Å²) in [5, 5.41) is 37.5. The maximum Gasteiger partial charge on any atom is 0.137 e. The van der Waals surface area contributed by atoms with Gasteiger partial charge in [0.1, 0.15) is 11.2 Å². The van der Waals surface area contributed by atoms with Gasteiger partial charge in [0.2, 0.25) is 0 Å². The van der Waals surface area contributed by atoms with Crippen LogP contribution in [0.15, 0.2) is 74.9 Å². The molecule has 0 bridgehead atoms. The molecule has 0 aromatic carbocycles. The highest BCUT2D eigenvalue weighted by Crippen LogP contribution is 2.30. The van der Waals surface area contributed by atoms with Crippen LogP contribution in [0.3, 0.4) is 0 Å². The molecule has 0 aliphatic carbocycles. The molecular formula is C24H40O7. The van der Waals surface area contributed by atoms with Gasteiger partial charge in [-0.3, -0.25) is 0 Å². The van der Waals surface area contributed by atoms with E-state index in [1.165, 1.54) is 18.2 Å². The van der Waals surface area contributed by atoms with E-state index in [0.717, 1.165) is 5.57 Å². The van der Waals surface area contributed by atoms with Gasteiger partial charge in [0, 0.05) is 0 Å². The molecule has 7 nitrogen and oxygen atoms in total. The van der Waals surface area contributed by atoms with Crippen LogP contribution in [-0.2, 0) is 14.2 Å². The number of ether oxygens (including phenoxy) is 3. The van der Waals surface area contributed by atoms with Crippen LogP contribution >= 0.6 is 0 Å². The van der Waals surface area contributed by atoms with Crippen molar-refractivity contribution in [3.05, 3.63) is 74.9 Å². The van der Waals surface area contributed by atoms with E-state index in [9.17, 15) is 10.2 Å². The number of allylic oxidation sites excluding steroid dienone is 3. The summed E-state index contributed by atoms with van der Waals surface area (Å²) in [6.45, 7) is 20.7. The van der Waals surface area contributed by atoms with Gasteiger partial charge in [0.05, 0.1) is 52.9 Å². The zero-order chi connectivity index (χ0) is 24.0. The number of aliphatic hydroxyl groups is 4. The van der Waals surface area contributed by atoms with Crippen molar-refractivity contribution in [1.82, 2.24) is 0 Å². The van der Waals surface area contributed by atoms with Gasteiger partial charge in [-0.1, -0.05) is 55.7 Å². The van der Waals surface area contributed by atoms with Crippen molar-refractivity contribution in [1.29, 1.82) is 0 Å². The van der Waals surface area contributed by atoms with E-state index in [2.05, 4.69) is 32.9 Å². The molecule has 0 amide bonds. The van der Waals surface area contributed by atoms with Crippen LogP contribution in [0.2, 0.25) is 0 Å². The zero-order valence-corrected chi connectivity index (χ0v) is 18.6. The normalized spacial score (nSPS) is 12.5. The van der Waals surface area contributed by atoms with Crippen molar-refractivity contribution in [3.8, 4) is 0 Å². The van der Waals surface area contributed by atoms with Crippen LogP contribution < -0.4 is 0 Å². The van der Waals surface area contributed by atoms with Crippen molar-refractivity contribution in [3.63, 3.8) is 0 Å². The molecule has 0 radical (unpaired) electrons. The van der Waals surface area contributed by atoms with Gasteiger partial charge in [-0.25, -0.2) is 0 Å². The second-order valence-electron chi connectivity index (χ2n) is 6.34. The highest BCUT2D eigenvalue weighted by Gasteiger charge is 2.41. The summed E-state index contributed by atoms with van der Waals surface area (Å²) in [5.74, 6) is 0. The first-order valence-corrected chi connectivity index (χ1v) is 10.1. The molecule has 4 N–H and O–H groups in total. The average Bonchev–Trinajstić information content (AvgIpc) is 2.78. The molecule has 1 unspecified atom stereocenters. The van der Waals surface area contributed by atoms with Crippen LogP contribution in [0.5, 0.6) is 0 Å². The molecule has 0 aromatic rings. The lowest BCUT2D eigenvalue weighted by Gasteiger charge is -2.35. The van der Waals surface area contributed by atoms with Gasteiger partial charge < -0.3 is 34.6 Å². The summed E-state index contributed by atoms with van der Waals surface area (Å²) in [6.07, 6.45) is 9.91. The van der Waals surface area contributed by atoms with Crippen molar-refractivity contribution in [2.24, 2.45) is 0 Å². The predicted octanol–water partition coefficient (Wildman–Crippen LogP) is 2.11. The van der Waals surface area contributed by atoms with Crippen LogP contribution in [-0.4, -0.2) is 84.5 Å². The van der Waals surface area contributed by atoms with Crippen molar-refractivity contribution in [2.75, 3.05) is 52.9 Å². The Bertz CT molecular complexity index is 512. The second-order valence-corrected chi connectivity index (χ2v) is 6.34. The van der Waals surface area contributed by atoms with Gasteiger partial charge in [0.15, 0.2) is 0 Å². The second kappa shape index (κ2) is 20.1. The summed E-state index contributed by atoms with van der Waals surface area (Å²) in [5.41, 5.74) is -2.44. The zero-order valence-electron chi connectivity index (χ0n) is 18.6. The molecule has 31 heavy (non-hydrogen) atoms. The van der Waals surface area contributed by atoms with Crippen molar-refractivity contribution < 1.29 is 34.6 Å². The number of rotatable bonds is 19. The first-order valence-electron chi connectivity index (χ1n) is 10.1. The Hall–Kier alpha value is -1.84. The lowest BCUT2D eigenvalue weighted by molar-refractivity contribution is -0.0293. The summed E-state index contributed by atoms with van der Waals surface area (Å²) in [7, 11) is 0. The topological polar surface area (TPSA) is 109 Å². The van der Waals surface area contributed by atoms with E-state index < -0.39 is 11.2 Å². The van der Waals surface area contributed by atoms with E-state index in [4.69, 9.17) is 24.4 Å². The van der Waals surface area contributed by atoms with Gasteiger partial charge >= 0.3 is 0 Å². The lowest BCUT2D eigenvalue weighted by atomic mass is 9.80. The minimum absolute atomic E-state index is 0.0413.